The molecule has 0 radical (unpaired) electrons. The molecule has 0 rings (SSSR count). The van der Waals surface area contributed by atoms with Crippen molar-refractivity contribution in [1.82, 2.24) is 0 Å². The van der Waals surface area contributed by atoms with Crippen LogP contribution in [0.4, 0.5) is 0 Å². The van der Waals surface area contributed by atoms with E-state index in [2.05, 4.69) is 34.6 Å². The van der Waals surface area contributed by atoms with E-state index in [1.54, 1.807) is 0 Å². The van der Waals surface area contributed by atoms with Gasteiger partial charge in [-0.2, -0.15) is 0 Å². The van der Waals surface area contributed by atoms with Gasteiger partial charge in [0.25, 0.3) is 0 Å². The van der Waals surface area contributed by atoms with Gasteiger partial charge in [0.05, 0.1) is 5.60 Å². The molecule has 0 aliphatic carbocycles. The molecule has 0 unspecified atom stereocenters. The first-order valence-corrected chi connectivity index (χ1v) is 5.86. The van der Waals surface area contributed by atoms with Crippen molar-refractivity contribution in [3.05, 3.63) is 0 Å². The summed E-state index contributed by atoms with van der Waals surface area (Å²) >= 11 is 0. The van der Waals surface area contributed by atoms with Crippen LogP contribution in [0.5, 0.6) is 0 Å². The van der Waals surface area contributed by atoms with E-state index in [0.29, 0.717) is 5.41 Å². The quantitative estimate of drug-likeness (QED) is 0.602. The van der Waals surface area contributed by atoms with Gasteiger partial charge < -0.3 is 4.43 Å². The molecule has 0 aromatic rings. The second-order valence-corrected chi connectivity index (χ2v) is 4.46. The topological polar surface area (TPSA) is 9.23 Å². The summed E-state index contributed by atoms with van der Waals surface area (Å²) < 4.78 is 5.71. The zero-order valence-corrected chi connectivity index (χ0v) is 11.5. The van der Waals surface area contributed by atoms with Crippen molar-refractivity contribution >= 4 is 10.5 Å². The fourth-order valence-electron chi connectivity index (χ4n) is 2.24. The van der Waals surface area contributed by atoms with E-state index in [-0.39, 0.29) is 5.60 Å². The minimum atomic E-state index is 0.0669. The molecule has 0 aromatic heterocycles. The van der Waals surface area contributed by atoms with Gasteiger partial charge in [-0.1, -0.05) is 20.8 Å². The number of hydrogen-bond donors (Lipinski definition) is 0. The average Bonchev–Trinajstić information content (AvgIpc) is 2.08. The average molecular weight is 188 g/mol. The van der Waals surface area contributed by atoms with E-state index in [1.807, 2.05) is 0 Å². The lowest BCUT2D eigenvalue weighted by atomic mass is 9.68. The lowest BCUT2D eigenvalue weighted by Gasteiger charge is -2.45. The third-order valence-electron chi connectivity index (χ3n) is 3.82. The molecule has 0 fully saturated rings. The molecule has 74 valence electrons. The lowest BCUT2D eigenvalue weighted by molar-refractivity contribution is -0.0370. The fraction of sp³-hybridized carbons (Fsp3) is 1.00. The van der Waals surface area contributed by atoms with Gasteiger partial charge in [0.1, 0.15) is 10.5 Å². The van der Waals surface area contributed by atoms with Gasteiger partial charge in [0.2, 0.25) is 0 Å². The predicted octanol–water partition coefficient (Wildman–Crippen LogP) is 2.28. The molecule has 0 heterocycles. The van der Waals surface area contributed by atoms with Crippen molar-refractivity contribution < 1.29 is 4.43 Å². The molecule has 0 atom stereocenters. The Kier molecular flexibility index (Phi) is 4.49. The number of hydrogen-bond acceptors (Lipinski definition) is 1. The molecule has 12 heavy (non-hydrogen) atoms. The van der Waals surface area contributed by atoms with Crippen LogP contribution in [0.2, 0.25) is 0 Å². The minimum Gasteiger partial charge on any atom is -0.422 e. The van der Waals surface area contributed by atoms with E-state index in [4.69, 9.17) is 4.43 Å². The van der Waals surface area contributed by atoms with Crippen LogP contribution in [-0.4, -0.2) is 16.1 Å². The molecule has 0 spiro atoms. The van der Waals surface area contributed by atoms with Gasteiger partial charge in [-0.05, 0) is 38.5 Å². The fourth-order valence-corrected chi connectivity index (χ4v) is 2.68. The molecule has 2 heteroatoms. The second-order valence-electron chi connectivity index (χ2n) is 4.06. The first kappa shape index (κ1) is 12.2. The standard InChI is InChI=1S/C10H24OSi/c1-6-10(7-2,8-3)9(4,5)11-12/h6-8H2,1-5,12H3. The van der Waals surface area contributed by atoms with Crippen molar-refractivity contribution in [2.45, 2.75) is 59.5 Å². The molecule has 1 nitrogen and oxygen atoms in total. The highest BCUT2D eigenvalue weighted by molar-refractivity contribution is 5.98. The van der Waals surface area contributed by atoms with E-state index >= 15 is 0 Å². The SMILES string of the molecule is CCC(CC)(CC)C(C)(C)O[SiH3]. The summed E-state index contributed by atoms with van der Waals surface area (Å²) in [6.45, 7) is 11.3. The van der Waals surface area contributed by atoms with Crippen LogP contribution in [-0.2, 0) is 4.43 Å². The molecule has 0 aliphatic heterocycles. The Morgan fingerprint density at radius 1 is 1.00 bits per heavy atom. The van der Waals surface area contributed by atoms with Crippen molar-refractivity contribution in [3.63, 3.8) is 0 Å². The van der Waals surface area contributed by atoms with E-state index in [0.717, 1.165) is 10.5 Å². The third kappa shape index (κ3) is 1.91. The molecule has 0 bridgehead atoms. The number of rotatable bonds is 5. The minimum absolute atomic E-state index is 0.0669. The Morgan fingerprint density at radius 2 is 1.33 bits per heavy atom. The van der Waals surface area contributed by atoms with Gasteiger partial charge >= 0.3 is 0 Å². The van der Waals surface area contributed by atoms with E-state index in [9.17, 15) is 0 Å². The predicted molar refractivity (Wildman–Crippen MR) is 58.4 cm³/mol. The molecule has 0 amide bonds. The summed E-state index contributed by atoms with van der Waals surface area (Å²) in [4.78, 5) is 0. The van der Waals surface area contributed by atoms with Gasteiger partial charge in [0, 0.05) is 0 Å². The Labute approximate surface area is 80.4 Å². The van der Waals surface area contributed by atoms with Crippen LogP contribution in [0.15, 0.2) is 0 Å². The maximum absolute atomic E-state index is 5.71. The Hall–Kier alpha value is 0.177. The van der Waals surface area contributed by atoms with E-state index in [1.165, 1.54) is 19.3 Å². The Morgan fingerprint density at radius 3 is 1.42 bits per heavy atom. The molecule has 0 aliphatic rings. The van der Waals surface area contributed by atoms with Gasteiger partial charge in [-0.15, -0.1) is 0 Å². The Bertz CT molecular complexity index is 120. The van der Waals surface area contributed by atoms with Crippen LogP contribution >= 0.6 is 0 Å². The molecule has 0 saturated heterocycles. The Balaban J connectivity index is 4.69. The smallest absolute Gasteiger partial charge is 0.146 e. The maximum atomic E-state index is 5.71. The van der Waals surface area contributed by atoms with Crippen molar-refractivity contribution in [2.24, 2.45) is 5.41 Å². The summed E-state index contributed by atoms with van der Waals surface area (Å²) in [6.07, 6.45) is 3.65. The summed E-state index contributed by atoms with van der Waals surface area (Å²) in [5.74, 6) is 0. The zero-order valence-electron chi connectivity index (χ0n) is 9.53. The summed E-state index contributed by atoms with van der Waals surface area (Å²) in [7, 11) is 0.842. The van der Waals surface area contributed by atoms with Crippen LogP contribution in [0.25, 0.3) is 0 Å². The van der Waals surface area contributed by atoms with Gasteiger partial charge in [0.15, 0.2) is 0 Å². The summed E-state index contributed by atoms with van der Waals surface area (Å²) in [5.41, 5.74) is 0.451. The highest BCUT2D eigenvalue weighted by atomic mass is 28.2. The van der Waals surface area contributed by atoms with Crippen molar-refractivity contribution in [1.29, 1.82) is 0 Å². The van der Waals surface area contributed by atoms with Crippen LogP contribution in [0, 0.1) is 5.41 Å². The molecular weight excluding hydrogens is 164 g/mol. The van der Waals surface area contributed by atoms with Crippen molar-refractivity contribution in [3.8, 4) is 0 Å². The molecule has 0 N–H and O–H groups in total. The van der Waals surface area contributed by atoms with Crippen LogP contribution in [0.1, 0.15) is 53.9 Å². The molecule has 0 saturated carbocycles. The first-order valence-electron chi connectivity index (χ1n) is 5.04. The highest BCUT2D eigenvalue weighted by Crippen LogP contribution is 2.42. The normalized spacial score (nSPS) is 13.8. The maximum Gasteiger partial charge on any atom is 0.146 e. The van der Waals surface area contributed by atoms with Crippen LogP contribution in [0.3, 0.4) is 0 Å². The monoisotopic (exact) mass is 188 g/mol. The summed E-state index contributed by atoms with van der Waals surface area (Å²) in [5, 5.41) is 0. The van der Waals surface area contributed by atoms with Gasteiger partial charge in [-0.3, -0.25) is 0 Å². The lowest BCUT2D eigenvalue weighted by Crippen LogP contribution is -2.44. The van der Waals surface area contributed by atoms with E-state index < -0.39 is 0 Å². The van der Waals surface area contributed by atoms with Crippen LogP contribution < -0.4 is 0 Å². The molecular formula is C10H24OSi. The largest absolute Gasteiger partial charge is 0.422 e. The first-order chi connectivity index (χ1) is 5.49. The summed E-state index contributed by atoms with van der Waals surface area (Å²) in [6, 6.07) is 0. The highest BCUT2D eigenvalue weighted by Gasteiger charge is 2.40. The zero-order chi connectivity index (χ0) is 9.83. The van der Waals surface area contributed by atoms with Crippen molar-refractivity contribution in [2.75, 3.05) is 0 Å². The second kappa shape index (κ2) is 4.42. The third-order valence-corrected chi connectivity index (χ3v) is 4.84. The molecule has 0 aromatic carbocycles. The van der Waals surface area contributed by atoms with Gasteiger partial charge in [-0.25, -0.2) is 0 Å².